The van der Waals surface area contributed by atoms with E-state index < -0.39 is 5.25 Å². The van der Waals surface area contributed by atoms with Crippen LogP contribution in [0.25, 0.3) is 0 Å². The number of benzene rings is 2. The number of para-hydroxylation sites is 1. The molecule has 7 heteroatoms. The van der Waals surface area contributed by atoms with Gasteiger partial charge in [-0.05, 0) is 24.6 Å². The van der Waals surface area contributed by atoms with Crippen LogP contribution < -0.4 is 5.32 Å². The lowest BCUT2D eigenvalue weighted by atomic mass is 10.1. The first kappa shape index (κ1) is 17.4. The van der Waals surface area contributed by atoms with Gasteiger partial charge in [-0.25, -0.2) is 0 Å². The van der Waals surface area contributed by atoms with Gasteiger partial charge >= 0.3 is 5.97 Å². The van der Waals surface area contributed by atoms with E-state index in [9.17, 15) is 4.79 Å². The molecule has 1 heterocycles. The topological polar surface area (TPSA) is 64.1 Å². The highest BCUT2D eigenvalue weighted by Gasteiger charge is 2.25. The van der Waals surface area contributed by atoms with E-state index >= 15 is 0 Å². The number of esters is 1. The summed E-state index contributed by atoms with van der Waals surface area (Å²) >= 11 is 2.76. The number of nitrogens with zero attached hydrogens (tertiary/aromatic N) is 2. The lowest BCUT2D eigenvalue weighted by Gasteiger charge is -2.13. The fraction of sp³-hybridized carbons (Fsp3) is 0.167. The average molecular weight is 371 g/mol. The molecule has 1 aromatic heterocycles. The lowest BCUT2D eigenvalue weighted by molar-refractivity contribution is -0.142. The molecule has 2 aromatic carbocycles. The summed E-state index contributed by atoms with van der Waals surface area (Å²) in [6.45, 7) is 2.15. The molecule has 0 saturated heterocycles. The molecule has 5 nitrogen and oxygen atoms in total. The summed E-state index contributed by atoms with van der Waals surface area (Å²) in [4.78, 5) is 12.3. The van der Waals surface area contributed by atoms with Gasteiger partial charge < -0.3 is 10.1 Å². The van der Waals surface area contributed by atoms with Crippen LogP contribution in [0.3, 0.4) is 0 Å². The van der Waals surface area contributed by atoms with Gasteiger partial charge in [0.2, 0.25) is 5.13 Å². The van der Waals surface area contributed by atoms with Crippen molar-refractivity contribution in [1.82, 2.24) is 10.2 Å². The summed E-state index contributed by atoms with van der Waals surface area (Å²) in [6.07, 6.45) is 0. The Morgan fingerprint density at radius 3 is 2.48 bits per heavy atom. The van der Waals surface area contributed by atoms with Crippen LogP contribution in [-0.4, -0.2) is 22.8 Å². The lowest BCUT2D eigenvalue weighted by Crippen LogP contribution is -2.13. The third-order valence-electron chi connectivity index (χ3n) is 3.25. The van der Waals surface area contributed by atoms with Crippen molar-refractivity contribution in [1.29, 1.82) is 0 Å². The van der Waals surface area contributed by atoms with Crippen molar-refractivity contribution in [3.05, 3.63) is 66.2 Å². The maximum Gasteiger partial charge on any atom is 0.324 e. The van der Waals surface area contributed by atoms with Crippen LogP contribution in [0.2, 0.25) is 0 Å². The minimum Gasteiger partial charge on any atom is -0.465 e. The van der Waals surface area contributed by atoms with Crippen LogP contribution in [0, 0.1) is 0 Å². The molecule has 0 aliphatic rings. The number of hydrogen-bond donors (Lipinski definition) is 1. The smallest absolute Gasteiger partial charge is 0.324 e. The van der Waals surface area contributed by atoms with E-state index in [1.165, 1.54) is 23.1 Å². The van der Waals surface area contributed by atoms with Crippen molar-refractivity contribution in [2.24, 2.45) is 0 Å². The minimum absolute atomic E-state index is 0.272. The van der Waals surface area contributed by atoms with E-state index in [1.54, 1.807) is 6.92 Å². The second-order valence-electron chi connectivity index (χ2n) is 5.02. The summed E-state index contributed by atoms with van der Waals surface area (Å²) in [7, 11) is 0. The summed E-state index contributed by atoms with van der Waals surface area (Å²) in [5.41, 5.74) is 1.83. The number of hydrogen-bond acceptors (Lipinski definition) is 7. The number of ether oxygens (including phenoxy) is 1. The third kappa shape index (κ3) is 4.80. The summed E-state index contributed by atoms with van der Waals surface area (Å²) < 4.78 is 5.92. The van der Waals surface area contributed by atoms with Crippen LogP contribution in [0.5, 0.6) is 0 Å². The molecule has 0 unspecified atom stereocenters. The number of carbonyl (C=O) groups excluding carboxylic acids is 1. The zero-order valence-electron chi connectivity index (χ0n) is 13.6. The molecule has 1 N–H and O–H groups in total. The Kier molecular flexibility index (Phi) is 6.03. The molecule has 25 heavy (non-hydrogen) atoms. The maximum absolute atomic E-state index is 12.3. The highest BCUT2D eigenvalue weighted by molar-refractivity contribution is 8.01. The Bertz CT molecular complexity index is 809. The quantitative estimate of drug-likeness (QED) is 0.481. The maximum atomic E-state index is 12.3. The summed E-state index contributed by atoms with van der Waals surface area (Å²) in [6, 6.07) is 19.3. The summed E-state index contributed by atoms with van der Waals surface area (Å²) in [5, 5.41) is 11.8. The average Bonchev–Trinajstić information content (AvgIpc) is 3.08. The van der Waals surface area contributed by atoms with Crippen LogP contribution >= 0.6 is 23.1 Å². The molecular formula is C18H17N3O2S2. The van der Waals surface area contributed by atoms with Crippen molar-refractivity contribution >= 4 is 39.9 Å². The Labute approximate surface area is 154 Å². The van der Waals surface area contributed by atoms with Gasteiger partial charge in [-0.15, -0.1) is 10.2 Å². The van der Waals surface area contributed by atoms with Gasteiger partial charge in [0.25, 0.3) is 0 Å². The molecule has 0 spiro atoms. The molecule has 0 saturated carbocycles. The van der Waals surface area contributed by atoms with Crippen molar-refractivity contribution in [2.75, 3.05) is 11.9 Å². The molecule has 1 atom stereocenters. The molecule has 3 aromatic rings. The number of nitrogens with one attached hydrogen (secondary N) is 1. The molecule has 0 bridgehead atoms. The van der Waals surface area contributed by atoms with Crippen LogP contribution in [0.4, 0.5) is 10.8 Å². The van der Waals surface area contributed by atoms with Gasteiger partial charge in [0.15, 0.2) is 4.34 Å². The van der Waals surface area contributed by atoms with E-state index in [2.05, 4.69) is 15.5 Å². The van der Waals surface area contributed by atoms with Gasteiger partial charge in [-0.1, -0.05) is 71.6 Å². The second kappa shape index (κ2) is 8.64. The summed E-state index contributed by atoms with van der Waals surface area (Å²) in [5.74, 6) is -0.272. The van der Waals surface area contributed by atoms with Crippen LogP contribution in [0.15, 0.2) is 65.0 Å². The Morgan fingerprint density at radius 1 is 1.12 bits per heavy atom. The third-order valence-corrected chi connectivity index (χ3v) is 5.41. The molecule has 3 rings (SSSR count). The van der Waals surface area contributed by atoms with E-state index in [0.29, 0.717) is 16.1 Å². The van der Waals surface area contributed by atoms with Gasteiger partial charge in [0.1, 0.15) is 5.25 Å². The normalized spacial score (nSPS) is 11.7. The predicted molar refractivity (Wildman–Crippen MR) is 101 cm³/mol. The van der Waals surface area contributed by atoms with Crippen molar-refractivity contribution in [3.8, 4) is 0 Å². The number of carbonyl (C=O) groups is 1. The zero-order chi connectivity index (χ0) is 17.5. The highest BCUT2D eigenvalue weighted by atomic mass is 32.2. The Morgan fingerprint density at radius 2 is 1.80 bits per heavy atom. The van der Waals surface area contributed by atoms with Crippen molar-refractivity contribution in [2.45, 2.75) is 16.5 Å². The second-order valence-corrected chi connectivity index (χ2v) is 7.35. The minimum atomic E-state index is -0.460. The number of thioether (sulfide) groups is 1. The Hall–Kier alpha value is -2.38. The molecule has 0 amide bonds. The van der Waals surface area contributed by atoms with Crippen molar-refractivity contribution in [3.63, 3.8) is 0 Å². The van der Waals surface area contributed by atoms with Gasteiger partial charge in [0.05, 0.1) is 6.61 Å². The van der Waals surface area contributed by atoms with Gasteiger partial charge in [-0.3, -0.25) is 4.79 Å². The number of aromatic nitrogens is 2. The first-order valence-corrected chi connectivity index (χ1v) is 9.49. The first-order chi connectivity index (χ1) is 12.3. The monoisotopic (exact) mass is 371 g/mol. The van der Waals surface area contributed by atoms with Gasteiger partial charge in [-0.2, -0.15) is 0 Å². The van der Waals surface area contributed by atoms with Gasteiger partial charge in [0, 0.05) is 5.69 Å². The fourth-order valence-electron chi connectivity index (χ4n) is 2.15. The van der Waals surface area contributed by atoms with Crippen LogP contribution in [0.1, 0.15) is 17.7 Å². The van der Waals surface area contributed by atoms with Crippen molar-refractivity contribution < 1.29 is 9.53 Å². The molecule has 0 radical (unpaired) electrons. The molecule has 128 valence electrons. The highest BCUT2D eigenvalue weighted by Crippen LogP contribution is 2.39. The van der Waals surface area contributed by atoms with E-state index in [-0.39, 0.29) is 5.97 Å². The Balaban J connectivity index is 1.75. The largest absolute Gasteiger partial charge is 0.465 e. The zero-order valence-corrected chi connectivity index (χ0v) is 15.2. The SMILES string of the molecule is CCOC(=O)[C@@H](Sc1nnc(Nc2ccccc2)s1)c1ccccc1. The molecule has 0 aliphatic carbocycles. The number of anilines is 2. The van der Waals surface area contributed by atoms with E-state index in [1.807, 2.05) is 60.7 Å². The van der Waals surface area contributed by atoms with Crippen LogP contribution in [-0.2, 0) is 9.53 Å². The number of rotatable bonds is 7. The molecule has 0 fully saturated rings. The molecular weight excluding hydrogens is 354 g/mol. The fourth-order valence-corrected chi connectivity index (χ4v) is 4.11. The standard InChI is InChI=1S/C18H17N3O2S2/c1-2-23-16(22)15(13-9-5-3-6-10-13)24-18-21-20-17(25-18)19-14-11-7-4-8-12-14/h3-12,15H,2H2,1H3,(H,19,20)/t15-/m0/s1. The van der Waals surface area contributed by atoms with E-state index in [4.69, 9.17) is 4.74 Å². The molecule has 0 aliphatic heterocycles. The predicted octanol–water partition coefficient (Wildman–Crippen LogP) is 4.68. The van der Waals surface area contributed by atoms with E-state index in [0.717, 1.165) is 11.3 Å². The first-order valence-electron chi connectivity index (χ1n) is 7.80.